The maximum Gasteiger partial charge on any atom is 0.259 e. The largest absolute Gasteiger partial charge is 0.396 e. The van der Waals surface area contributed by atoms with Crippen LogP contribution in [0.25, 0.3) is 0 Å². The summed E-state index contributed by atoms with van der Waals surface area (Å²) in [4.78, 5) is 20.8. The number of amides is 1. The van der Waals surface area contributed by atoms with Gasteiger partial charge >= 0.3 is 0 Å². The number of aliphatic hydroxyl groups excluding tert-OH is 1. The highest BCUT2D eigenvalue weighted by atomic mass is 32.2. The molecule has 0 bridgehead atoms. The second-order valence-corrected chi connectivity index (χ2v) is 14.8. The average molecular weight is 543 g/mol. The Hall–Kier alpha value is -2.65. The summed E-state index contributed by atoms with van der Waals surface area (Å²) in [5.41, 5.74) is 0.620. The van der Waals surface area contributed by atoms with E-state index in [1.54, 1.807) is 30.3 Å². The smallest absolute Gasteiger partial charge is 0.259 e. The average Bonchev–Trinajstić information content (AvgIpc) is 3.56. The minimum atomic E-state index is -3.50. The van der Waals surface area contributed by atoms with E-state index in [0.29, 0.717) is 34.7 Å². The molecule has 0 unspecified atom stereocenters. The number of pyridine rings is 1. The number of anilines is 3. The third kappa shape index (κ3) is 7.05. The summed E-state index contributed by atoms with van der Waals surface area (Å²) in [7, 11) is -3.50. The lowest BCUT2D eigenvalue weighted by Gasteiger charge is -2.34. The van der Waals surface area contributed by atoms with Crippen LogP contribution in [0.4, 0.5) is 17.3 Å². The Kier molecular flexibility index (Phi) is 7.83. The van der Waals surface area contributed by atoms with Gasteiger partial charge in [-0.05, 0) is 87.1 Å². The summed E-state index contributed by atoms with van der Waals surface area (Å²) in [5, 5.41) is 15.7. The number of benzene rings is 1. The van der Waals surface area contributed by atoms with Crippen LogP contribution in [-0.4, -0.2) is 55.4 Å². The molecule has 38 heavy (non-hydrogen) atoms. The number of nitrogens with zero attached hydrogens (tertiary/aromatic N) is 2. The highest BCUT2D eigenvalue weighted by Gasteiger charge is 2.45. The van der Waals surface area contributed by atoms with Crippen molar-refractivity contribution < 1.29 is 18.3 Å². The molecule has 8 nitrogen and oxygen atoms in total. The number of carbonyl (C=O) groups excluding carboxylic acids is 1. The predicted octanol–water partition coefficient (Wildman–Crippen LogP) is 5.11. The van der Waals surface area contributed by atoms with E-state index in [1.165, 1.54) is 18.9 Å². The van der Waals surface area contributed by atoms with Gasteiger partial charge in [-0.2, -0.15) is 0 Å². The molecular formula is C29H42N4O4S. The Labute approximate surface area is 227 Å². The minimum Gasteiger partial charge on any atom is -0.396 e. The van der Waals surface area contributed by atoms with E-state index in [1.807, 2.05) is 34.6 Å². The Morgan fingerprint density at radius 2 is 1.74 bits per heavy atom. The van der Waals surface area contributed by atoms with Gasteiger partial charge in [-0.1, -0.05) is 26.8 Å². The van der Waals surface area contributed by atoms with Crippen molar-refractivity contribution >= 4 is 33.1 Å². The fourth-order valence-corrected chi connectivity index (χ4v) is 7.01. The van der Waals surface area contributed by atoms with Gasteiger partial charge in [0.2, 0.25) is 0 Å². The molecule has 0 radical (unpaired) electrons. The van der Waals surface area contributed by atoms with Gasteiger partial charge < -0.3 is 20.6 Å². The normalized spacial score (nSPS) is 17.4. The molecule has 1 aromatic carbocycles. The number of carbonyl (C=O) groups is 1. The van der Waals surface area contributed by atoms with Gasteiger partial charge in [0.05, 0.1) is 16.2 Å². The van der Waals surface area contributed by atoms with Crippen LogP contribution in [0.1, 0.15) is 77.1 Å². The molecule has 2 heterocycles. The lowest BCUT2D eigenvalue weighted by atomic mass is 9.93. The maximum absolute atomic E-state index is 13.5. The summed E-state index contributed by atoms with van der Waals surface area (Å²) in [6.07, 6.45) is 5.32. The van der Waals surface area contributed by atoms with Crippen molar-refractivity contribution in [3.05, 3.63) is 42.0 Å². The van der Waals surface area contributed by atoms with Crippen molar-refractivity contribution in [1.82, 2.24) is 4.98 Å². The Balaban J connectivity index is 1.60. The molecule has 1 saturated carbocycles. The Bertz CT molecular complexity index is 1270. The zero-order chi connectivity index (χ0) is 27.8. The van der Waals surface area contributed by atoms with Crippen LogP contribution in [0.2, 0.25) is 0 Å². The first-order chi connectivity index (χ1) is 17.7. The van der Waals surface area contributed by atoms with Crippen molar-refractivity contribution in [2.45, 2.75) is 77.2 Å². The summed E-state index contributed by atoms with van der Waals surface area (Å²) >= 11 is 0. The molecule has 1 aliphatic carbocycles. The standard InChI is InChI=1S/C29H42N4O4S/c1-27(2,3)20-38(36,37)22-8-6-7-21(19-22)30-26(35)23-9-10-24(32-28(4,5)15-18-34)31-25(23)33-16-13-29(11-12-29)14-17-33/h6-10,19,34H,11-18,20H2,1-5H3,(H,30,35)(H,31,32). The molecule has 4 rings (SSSR count). The summed E-state index contributed by atoms with van der Waals surface area (Å²) in [5.74, 6) is 0.963. The van der Waals surface area contributed by atoms with Gasteiger partial charge in [-0.25, -0.2) is 13.4 Å². The maximum atomic E-state index is 13.5. The van der Waals surface area contributed by atoms with Gasteiger partial charge in [0.15, 0.2) is 9.84 Å². The molecule has 9 heteroatoms. The second kappa shape index (κ2) is 10.5. The van der Waals surface area contributed by atoms with Crippen LogP contribution >= 0.6 is 0 Å². The van der Waals surface area contributed by atoms with E-state index in [2.05, 4.69) is 15.5 Å². The molecule has 1 aliphatic heterocycles. The molecule has 1 spiro atoms. The van der Waals surface area contributed by atoms with Gasteiger partial charge in [-0.15, -0.1) is 0 Å². The molecular weight excluding hydrogens is 500 g/mol. The van der Waals surface area contributed by atoms with Crippen LogP contribution in [-0.2, 0) is 9.84 Å². The molecule has 3 N–H and O–H groups in total. The number of piperidine rings is 1. The molecule has 0 atom stereocenters. The molecule has 2 aliphatic rings. The number of aliphatic hydroxyl groups is 1. The first-order valence-electron chi connectivity index (χ1n) is 13.5. The fourth-order valence-electron chi connectivity index (χ4n) is 5.11. The van der Waals surface area contributed by atoms with Gasteiger partial charge in [-0.3, -0.25) is 4.79 Å². The highest BCUT2D eigenvalue weighted by Crippen LogP contribution is 2.54. The molecule has 1 saturated heterocycles. The summed E-state index contributed by atoms with van der Waals surface area (Å²) in [6, 6.07) is 10.0. The second-order valence-electron chi connectivity index (χ2n) is 12.8. The molecule has 2 fully saturated rings. The van der Waals surface area contributed by atoms with Crippen LogP contribution in [0.5, 0.6) is 0 Å². The number of aromatic nitrogens is 1. The van der Waals surface area contributed by atoms with Crippen molar-refractivity contribution in [3.8, 4) is 0 Å². The zero-order valence-electron chi connectivity index (χ0n) is 23.3. The number of sulfone groups is 1. The number of nitrogens with one attached hydrogen (secondary N) is 2. The third-order valence-electron chi connectivity index (χ3n) is 7.48. The topological polar surface area (TPSA) is 112 Å². The summed E-state index contributed by atoms with van der Waals surface area (Å²) in [6.45, 7) is 11.4. The quantitative estimate of drug-likeness (QED) is 0.404. The first kappa shape index (κ1) is 28.4. The van der Waals surface area contributed by atoms with Crippen LogP contribution in [0, 0.1) is 10.8 Å². The predicted molar refractivity (Wildman–Crippen MR) is 153 cm³/mol. The number of hydrogen-bond donors (Lipinski definition) is 3. The highest BCUT2D eigenvalue weighted by molar-refractivity contribution is 7.91. The van der Waals surface area contributed by atoms with Gasteiger partial charge in [0, 0.05) is 30.9 Å². The van der Waals surface area contributed by atoms with Gasteiger partial charge in [0.1, 0.15) is 11.6 Å². The number of hydrogen-bond acceptors (Lipinski definition) is 7. The summed E-state index contributed by atoms with van der Waals surface area (Å²) < 4.78 is 25.8. The molecule has 1 amide bonds. The van der Waals surface area contributed by atoms with Crippen LogP contribution < -0.4 is 15.5 Å². The first-order valence-corrected chi connectivity index (χ1v) is 15.2. The van der Waals surface area contributed by atoms with Crippen molar-refractivity contribution in [1.29, 1.82) is 0 Å². The zero-order valence-corrected chi connectivity index (χ0v) is 24.1. The van der Waals surface area contributed by atoms with E-state index in [0.717, 1.165) is 25.9 Å². The van der Waals surface area contributed by atoms with Crippen molar-refractivity contribution in [3.63, 3.8) is 0 Å². The molecule has 1 aromatic heterocycles. The van der Waals surface area contributed by atoms with E-state index < -0.39 is 9.84 Å². The Morgan fingerprint density at radius 3 is 2.34 bits per heavy atom. The molecule has 208 valence electrons. The Morgan fingerprint density at radius 1 is 1.05 bits per heavy atom. The van der Waals surface area contributed by atoms with E-state index >= 15 is 0 Å². The SMILES string of the molecule is CC(C)(C)CS(=O)(=O)c1cccc(NC(=O)c2ccc(NC(C)(C)CCO)nc2N2CCC3(CC2)CC3)c1. The van der Waals surface area contributed by atoms with E-state index in [9.17, 15) is 18.3 Å². The minimum absolute atomic E-state index is 0.0169. The lowest BCUT2D eigenvalue weighted by molar-refractivity contribution is 0.102. The van der Waals surface area contributed by atoms with E-state index in [-0.39, 0.29) is 34.1 Å². The van der Waals surface area contributed by atoms with Crippen LogP contribution in [0.3, 0.4) is 0 Å². The van der Waals surface area contributed by atoms with Crippen LogP contribution in [0.15, 0.2) is 41.3 Å². The molecule has 2 aromatic rings. The monoisotopic (exact) mass is 542 g/mol. The van der Waals surface area contributed by atoms with Gasteiger partial charge in [0.25, 0.3) is 5.91 Å². The lowest BCUT2D eigenvalue weighted by Crippen LogP contribution is -2.37. The fraction of sp³-hybridized carbons (Fsp3) is 0.586. The third-order valence-corrected chi connectivity index (χ3v) is 9.70. The van der Waals surface area contributed by atoms with Crippen molar-refractivity contribution in [2.24, 2.45) is 10.8 Å². The van der Waals surface area contributed by atoms with E-state index in [4.69, 9.17) is 4.98 Å². The van der Waals surface area contributed by atoms with Crippen molar-refractivity contribution in [2.75, 3.05) is 41.0 Å². The number of rotatable bonds is 9.